The monoisotopic (exact) mass is 325 g/mol. The Morgan fingerprint density at radius 1 is 1.17 bits per heavy atom. The van der Waals surface area contributed by atoms with Gasteiger partial charge in [-0.15, -0.1) is 0 Å². The highest BCUT2D eigenvalue weighted by Gasteiger charge is 2.46. The Hall–Kier alpha value is -2.70. The van der Waals surface area contributed by atoms with Crippen molar-refractivity contribution < 1.29 is 9.59 Å². The van der Waals surface area contributed by atoms with E-state index in [2.05, 4.69) is 20.5 Å². The van der Waals surface area contributed by atoms with Crippen molar-refractivity contribution in [3.63, 3.8) is 0 Å². The van der Waals surface area contributed by atoms with Gasteiger partial charge in [0, 0.05) is 30.9 Å². The first-order valence-corrected chi connectivity index (χ1v) is 8.25. The minimum absolute atomic E-state index is 0.0841. The Morgan fingerprint density at radius 2 is 1.96 bits per heavy atom. The molecule has 2 atom stereocenters. The molecular weight excluding hydrogens is 306 g/mol. The number of piperidine rings is 1. The zero-order valence-corrected chi connectivity index (χ0v) is 13.2. The maximum absolute atomic E-state index is 12.8. The number of nitrogens with zero attached hydrogens (tertiary/aromatic N) is 3. The summed E-state index contributed by atoms with van der Waals surface area (Å²) < 4.78 is 0. The van der Waals surface area contributed by atoms with Gasteiger partial charge in [-0.1, -0.05) is 0 Å². The van der Waals surface area contributed by atoms with Crippen LogP contribution in [0.2, 0.25) is 0 Å². The third-order valence-corrected chi connectivity index (χ3v) is 4.72. The fourth-order valence-electron chi connectivity index (χ4n) is 3.48. The summed E-state index contributed by atoms with van der Waals surface area (Å²) in [5, 5.41) is 9.47. The molecule has 0 bridgehead atoms. The van der Waals surface area contributed by atoms with Crippen LogP contribution in [-0.2, 0) is 9.59 Å². The molecule has 7 nitrogen and oxygen atoms in total. The molecule has 124 valence electrons. The van der Waals surface area contributed by atoms with Gasteiger partial charge in [-0.3, -0.25) is 19.7 Å². The van der Waals surface area contributed by atoms with Crippen LogP contribution in [0, 0.1) is 5.92 Å². The predicted molar refractivity (Wildman–Crippen MR) is 86.8 cm³/mol. The zero-order valence-electron chi connectivity index (χ0n) is 13.2. The van der Waals surface area contributed by atoms with Gasteiger partial charge in [0.25, 0.3) is 0 Å². The number of carbonyl (C=O) groups is 2. The number of carbonyl (C=O) groups excluding carboxylic acids is 2. The summed E-state index contributed by atoms with van der Waals surface area (Å²) >= 11 is 0. The van der Waals surface area contributed by atoms with Crippen molar-refractivity contribution in [2.24, 2.45) is 5.92 Å². The zero-order chi connectivity index (χ0) is 16.5. The summed E-state index contributed by atoms with van der Waals surface area (Å²) in [7, 11) is 0. The molecule has 0 spiro atoms. The molecule has 3 heterocycles. The normalized spacial score (nSPS) is 24.0. The molecule has 0 unspecified atom stereocenters. The van der Waals surface area contributed by atoms with Crippen LogP contribution >= 0.6 is 0 Å². The van der Waals surface area contributed by atoms with Gasteiger partial charge in [-0.2, -0.15) is 5.10 Å². The second kappa shape index (κ2) is 6.07. The molecule has 4 rings (SSSR count). The van der Waals surface area contributed by atoms with Crippen molar-refractivity contribution in [1.29, 1.82) is 0 Å². The van der Waals surface area contributed by atoms with Crippen molar-refractivity contribution in [1.82, 2.24) is 20.1 Å². The van der Waals surface area contributed by atoms with Crippen molar-refractivity contribution >= 4 is 17.6 Å². The molecule has 2 N–H and O–H groups in total. The molecule has 0 radical (unpaired) electrons. The standard InChI is InChI=1S/C17H19N5O2/c23-15-4-3-13(17(24)20-14-7-10-19-21-14)16(22(15)12-1-2-12)11-5-8-18-9-6-11/h5-10,12-13,16H,1-4H2,(H2,19,20,21,24)/t13-,16+/m0/s1. The first kappa shape index (κ1) is 14.9. The number of amides is 2. The second-order valence-corrected chi connectivity index (χ2v) is 6.36. The van der Waals surface area contributed by atoms with Crippen LogP contribution < -0.4 is 5.32 Å². The molecule has 1 aliphatic carbocycles. The molecule has 0 aromatic carbocycles. The van der Waals surface area contributed by atoms with E-state index in [1.54, 1.807) is 24.7 Å². The molecule has 2 amide bonds. The van der Waals surface area contributed by atoms with Gasteiger partial charge in [-0.25, -0.2) is 0 Å². The van der Waals surface area contributed by atoms with E-state index in [1.165, 1.54) is 0 Å². The molecule has 1 saturated carbocycles. The largest absolute Gasteiger partial charge is 0.332 e. The van der Waals surface area contributed by atoms with Gasteiger partial charge < -0.3 is 10.2 Å². The Kier molecular flexibility index (Phi) is 3.76. The van der Waals surface area contributed by atoms with Crippen LogP contribution in [0.3, 0.4) is 0 Å². The number of hydrogen-bond donors (Lipinski definition) is 2. The lowest BCUT2D eigenvalue weighted by Gasteiger charge is -2.41. The number of H-pyrrole nitrogens is 1. The summed E-state index contributed by atoms with van der Waals surface area (Å²) in [6, 6.07) is 5.54. The summed E-state index contributed by atoms with van der Waals surface area (Å²) in [5.41, 5.74) is 0.967. The number of aromatic amines is 1. The topological polar surface area (TPSA) is 91.0 Å². The minimum Gasteiger partial charge on any atom is -0.332 e. The van der Waals surface area contributed by atoms with E-state index in [0.29, 0.717) is 18.7 Å². The number of nitrogens with one attached hydrogen (secondary N) is 2. The van der Waals surface area contributed by atoms with Crippen molar-refractivity contribution in [2.45, 2.75) is 37.8 Å². The fraction of sp³-hybridized carbons (Fsp3) is 0.412. The number of likely N-dealkylation sites (tertiary alicyclic amines) is 1. The van der Waals surface area contributed by atoms with Crippen molar-refractivity contribution in [3.05, 3.63) is 42.4 Å². The number of anilines is 1. The summed E-state index contributed by atoms with van der Waals surface area (Å²) in [6.07, 6.45) is 8.02. The molecular formula is C17H19N5O2. The lowest BCUT2D eigenvalue weighted by molar-refractivity contribution is -0.142. The maximum Gasteiger partial charge on any atom is 0.231 e. The number of pyridine rings is 1. The van der Waals surface area contributed by atoms with Crippen LogP contribution in [0.15, 0.2) is 36.8 Å². The van der Waals surface area contributed by atoms with E-state index in [-0.39, 0.29) is 29.8 Å². The Labute approximate surface area is 139 Å². The fourth-order valence-corrected chi connectivity index (χ4v) is 3.48. The third-order valence-electron chi connectivity index (χ3n) is 4.72. The molecule has 2 aliphatic rings. The maximum atomic E-state index is 12.8. The number of rotatable bonds is 4. The highest BCUT2D eigenvalue weighted by molar-refractivity contribution is 5.94. The quantitative estimate of drug-likeness (QED) is 0.898. The number of hydrogen-bond acceptors (Lipinski definition) is 4. The Bertz CT molecular complexity index is 727. The van der Waals surface area contributed by atoms with E-state index in [9.17, 15) is 9.59 Å². The molecule has 24 heavy (non-hydrogen) atoms. The van der Waals surface area contributed by atoms with Gasteiger partial charge in [-0.05, 0) is 37.0 Å². The van der Waals surface area contributed by atoms with Crippen LogP contribution in [0.25, 0.3) is 0 Å². The first-order chi connectivity index (χ1) is 11.7. The van der Waals surface area contributed by atoms with Crippen LogP contribution in [0.1, 0.15) is 37.3 Å². The minimum atomic E-state index is -0.283. The van der Waals surface area contributed by atoms with Crippen molar-refractivity contribution in [2.75, 3.05) is 5.32 Å². The van der Waals surface area contributed by atoms with E-state index < -0.39 is 0 Å². The van der Waals surface area contributed by atoms with E-state index in [0.717, 1.165) is 18.4 Å². The Balaban J connectivity index is 1.65. The first-order valence-electron chi connectivity index (χ1n) is 8.25. The van der Waals surface area contributed by atoms with E-state index >= 15 is 0 Å². The van der Waals surface area contributed by atoms with Gasteiger partial charge in [0.05, 0.1) is 18.2 Å². The van der Waals surface area contributed by atoms with Crippen LogP contribution in [0.5, 0.6) is 0 Å². The van der Waals surface area contributed by atoms with Crippen LogP contribution in [0.4, 0.5) is 5.82 Å². The summed E-state index contributed by atoms with van der Waals surface area (Å²) in [4.78, 5) is 31.3. The molecule has 7 heteroatoms. The number of aromatic nitrogens is 3. The molecule has 2 aromatic heterocycles. The lowest BCUT2D eigenvalue weighted by Crippen LogP contribution is -2.47. The SMILES string of the molecule is O=C(Nc1ccn[nH]1)[C@H]1CCC(=O)N(C2CC2)[C@@H]1c1ccncc1. The van der Waals surface area contributed by atoms with Gasteiger partial charge in [0.1, 0.15) is 5.82 Å². The summed E-state index contributed by atoms with van der Waals surface area (Å²) in [5.74, 6) is 0.349. The molecule has 2 aromatic rings. The summed E-state index contributed by atoms with van der Waals surface area (Å²) in [6.45, 7) is 0. The second-order valence-electron chi connectivity index (χ2n) is 6.36. The van der Waals surface area contributed by atoms with Crippen LogP contribution in [-0.4, -0.2) is 37.9 Å². The predicted octanol–water partition coefficient (Wildman–Crippen LogP) is 1.89. The average Bonchev–Trinajstić information content (AvgIpc) is 3.31. The van der Waals surface area contributed by atoms with Gasteiger partial charge >= 0.3 is 0 Å². The van der Waals surface area contributed by atoms with Gasteiger partial charge in [0.15, 0.2) is 0 Å². The lowest BCUT2D eigenvalue weighted by atomic mass is 9.83. The van der Waals surface area contributed by atoms with Gasteiger partial charge in [0.2, 0.25) is 11.8 Å². The highest BCUT2D eigenvalue weighted by atomic mass is 16.2. The third kappa shape index (κ3) is 2.77. The molecule has 2 fully saturated rings. The molecule has 1 aliphatic heterocycles. The smallest absolute Gasteiger partial charge is 0.231 e. The molecule has 1 saturated heterocycles. The van der Waals surface area contributed by atoms with E-state index in [1.807, 2.05) is 17.0 Å². The van der Waals surface area contributed by atoms with E-state index in [4.69, 9.17) is 0 Å². The van der Waals surface area contributed by atoms with Crippen molar-refractivity contribution in [3.8, 4) is 0 Å². The average molecular weight is 325 g/mol. The Morgan fingerprint density at radius 3 is 2.62 bits per heavy atom. The highest BCUT2D eigenvalue weighted by Crippen LogP contribution is 2.43.